The Labute approximate surface area is 167 Å². The van der Waals surface area contributed by atoms with Gasteiger partial charge in [0.25, 0.3) is 0 Å². The van der Waals surface area contributed by atoms with Crippen LogP contribution < -0.4 is 10.1 Å². The lowest BCUT2D eigenvalue weighted by atomic mass is 10.1. The number of hydrogen-bond acceptors (Lipinski definition) is 6. The van der Waals surface area contributed by atoms with E-state index in [1.807, 2.05) is 54.9 Å². The normalized spacial score (nSPS) is 11.0. The molecule has 0 aliphatic heterocycles. The Bertz CT molecular complexity index is 1130. The number of ether oxygens (including phenoxy) is 1. The van der Waals surface area contributed by atoms with Crippen LogP contribution in [0.3, 0.4) is 0 Å². The van der Waals surface area contributed by atoms with Gasteiger partial charge in [0.15, 0.2) is 0 Å². The highest BCUT2D eigenvalue weighted by Gasteiger charge is 2.14. The van der Waals surface area contributed by atoms with Crippen LogP contribution in [0.4, 0.5) is 5.69 Å². The number of aryl methyl sites for hydroxylation is 2. The average Bonchev–Trinajstić information content (AvgIpc) is 3.29. The summed E-state index contributed by atoms with van der Waals surface area (Å²) in [7, 11) is 1.57. The highest BCUT2D eigenvalue weighted by Crippen LogP contribution is 2.30. The first-order valence-electron chi connectivity index (χ1n) is 9.25. The number of carbonyl (C=O) groups excluding carboxylic acids is 1. The standard InChI is InChI=1S/C21H21N5O3/c1-13-16(14(2)29-25-13)6-8-20(27)23-17-11-15(5-7-19(17)28-3)18-12-26-10-4-9-22-21(26)24-18/h4-5,7,9-12H,6,8H2,1-3H3,(H,23,27). The van der Waals surface area contributed by atoms with E-state index in [0.717, 1.165) is 28.3 Å². The van der Waals surface area contributed by atoms with E-state index in [4.69, 9.17) is 9.26 Å². The minimum absolute atomic E-state index is 0.114. The van der Waals surface area contributed by atoms with Gasteiger partial charge in [0.05, 0.1) is 24.2 Å². The Hall–Kier alpha value is -3.68. The summed E-state index contributed by atoms with van der Waals surface area (Å²) in [6.07, 6.45) is 6.36. The van der Waals surface area contributed by atoms with Crippen molar-refractivity contribution in [1.29, 1.82) is 0 Å². The molecule has 0 bridgehead atoms. The number of hydrogen-bond donors (Lipinski definition) is 1. The number of imidazole rings is 1. The molecule has 1 aromatic carbocycles. The molecule has 0 fully saturated rings. The van der Waals surface area contributed by atoms with Crippen LogP contribution in [0.1, 0.15) is 23.4 Å². The highest BCUT2D eigenvalue weighted by atomic mass is 16.5. The molecule has 3 aromatic heterocycles. The van der Waals surface area contributed by atoms with Crippen molar-refractivity contribution >= 4 is 17.4 Å². The Morgan fingerprint density at radius 3 is 2.90 bits per heavy atom. The number of fused-ring (bicyclic) bond motifs is 1. The van der Waals surface area contributed by atoms with E-state index in [0.29, 0.717) is 30.1 Å². The van der Waals surface area contributed by atoms with Crippen LogP contribution >= 0.6 is 0 Å². The molecule has 0 atom stereocenters. The Kier molecular flexibility index (Phi) is 4.99. The maximum Gasteiger partial charge on any atom is 0.234 e. The van der Waals surface area contributed by atoms with Crippen LogP contribution in [0.2, 0.25) is 0 Å². The molecule has 0 radical (unpaired) electrons. The third-order valence-corrected chi connectivity index (χ3v) is 4.79. The molecule has 0 aliphatic rings. The minimum Gasteiger partial charge on any atom is -0.495 e. The van der Waals surface area contributed by atoms with Gasteiger partial charge in [0.1, 0.15) is 11.5 Å². The molecule has 0 saturated carbocycles. The molecule has 1 amide bonds. The van der Waals surface area contributed by atoms with Crippen LogP contribution in [0, 0.1) is 13.8 Å². The van der Waals surface area contributed by atoms with Gasteiger partial charge in [-0.15, -0.1) is 0 Å². The molecule has 0 saturated heterocycles. The molecular formula is C21H21N5O3. The summed E-state index contributed by atoms with van der Waals surface area (Å²) in [5, 5.41) is 6.87. The molecule has 1 N–H and O–H groups in total. The van der Waals surface area contributed by atoms with Crippen molar-refractivity contribution in [1.82, 2.24) is 19.5 Å². The molecule has 8 heteroatoms. The van der Waals surface area contributed by atoms with Gasteiger partial charge in [-0.25, -0.2) is 9.97 Å². The zero-order chi connectivity index (χ0) is 20.4. The average molecular weight is 391 g/mol. The monoisotopic (exact) mass is 391 g/mol. The number of nitrogens with one attached hydrogen (secondary N) is 1. The number of anilines is 1. The lowest BCUT2D eigenvalue weighted by Crippen LogP contribution is -2.13. The summed E-state index contributed by atoms with van der Waals surface area (Å²) in [4.78, 5) is 21.3. The first-order valence-corrected chi connectivity index (χ1v) is 9.25. The summed E-state index contributed by atoms with van der Waals surface area (Å²) in [6, 6.07) is 7.42. The van der Waals surface area contributed by atoms with Crippen LogP contribution in [0.25, 0.3) is 17.0 Å². The summed E-state index contributed by atoms with van der Waals surface area (Å²) < 4.78 is 12.4. The van der Waals surface area contributed by atoms with E-state index in [-0.39, 0.29) is 5.91 Å². The van der Waals surface area contributed by atoms with E-state index in [9.17, 15) is 4.79 Å². The number of methoxy groups -OCH3 is 1. The van der Waals surface area contributed by atoms with Crippen LogP contribution in [-0.4, -0.2) is 32.5 Å². The third kappa shape index (κ3) is 3.82. The van der Waals surface area contributed by atoms with E-state index in [1.165, 1.54) is 0 Å². The van der Waals surface area contributed by atoms with Crippen molar-refractivity contribution in [3.05, 3.63) is 59.9 Å². The number of rotatable bonds is 6. The van der Waals surface area contributed by atoms with E-state index < -0.39 is 0 Å². The van der Waals surface area contributed by atoms with E-state index in [2.05, 4.69) is 20.4 Å². The van der Waals surface area contributed by atoms with Crippen molar-refractivity contribution in [2.24, 2.45) is 0 Å². The van der Waals surface area contributed by atoms with Gasteiger partial charge in [-0.2, -0.15) is 0 Å². The molecule has 3 heterocycles. The zero-order valence-corrected chi connectivity index (χ0v) is 16.5. The molecule has 8 nitrogen and oxygen atoms in total. The second kappa shape index (κ2) is 7.75. The largest absolute Gasteiger partial charge is 0.495 e. The Morgan fingerprint density at radius 2 is 2.17 bits per heavy atom. The van der Waals surface area contributed by atoms with Crippen LogP contribution in [0.15, 0.2) is 47.4 Å². The molecule has 4 aromatic rings. The number of amides is 1. The van der Waals surface area contributed by atoms with Gasteiger partial charge >= 0.3 is 0 Å². The molecule has 0 aliphatic carbocycles. The minimum atomic E-state index is -0.114. The zero-order valence-electron chi connectivity index (χ0n) is 16.5. The molecule has 4 rings (SSSR count). The fraction of sp³-hybridized carbons (Fsp3) is 0.238. The maximum absolute atomic E-state index is 12.5. The Balaban J connectivity index is 1.54. The second-order valence-electron chi connectivity index (χ2n) is 6.72. The topological polar surface area (TPSA) is 94.6 Å². The summed E-state index contributed by atoms with van der Waals surface area (Å²) >= 11 is 0. The van der Waals surface area contributed by atoms with Gasteiger partial charge in [-0.3, -0.25) is 9.20 Å². The third-order valence-electron chi connectivity index (χ3n) is 4.79. The van der Waals surface area contributed by atoms with Gasteiger partial charge < -0.3 is 14.6 Å². The van der Waals surface area contributed by atoms with Gasteiger partial charge in [0, 0.05) is 36.1 Å². The lowest BCUT2D eigenvalue weighted by Gasteiger charge is -2.11. The molecule has 148 valence electrons. The quantitative estimate of drug-likeness (QED) is 0.540. The van der Waals surface area contributed by atoms with Crippen molar-refractivity contribution in [3.63, 3.8) is 0 Å². The number of nitrogens with zero attached hydrogens (tertiary/aromatic N) is 4. The smallest absolute Gasteiger partial charge is 0.234 e. The first-order chi connectivity index (χ1) is 14.0. The van der Waals surface area contributed by atoms with Crippen molar-refractivity contribution in [2.75, 3.05) is 12.4 Å². The fourth-order valence-corrected chi connectivity index (χ4v) is 3.24. The number of carbonyl (C=O) groups is 1. The Morgan fingerprint density at radius 1 is 1.31 bits per heavy atom. The predicted molar refractivity (Wildman–Crippen MR) is 108 cm³/mol. The van der Waals surface area contributed by atoms with Crippen LogP contribution in [-0.2, 0) is 11.2 Å². The van der Waals surface area contributed by atoms with Gasteiger partial charge in [-0.05, 0) is 44.5 Å². The summed E-state index contributed by atoms with van der Waals surface area (Å²) in [6.45, 7) is 3.73. The second-order valence-corrected chi connectivity index (χ2v) is 6.72. The van der Waals surface area contributed by atoms with Crippen molar-refractivity contribution in [3.8, 4) is 17.0 Å². The number of aromatic nitrogens is 4. The maximum atomic E-state index is 12.5. The molecule has 29 heavy (non-hydrogen) atoms. The summed E-state index contributed by atoms with van der Waals surface area (Å²) in [5.41, 5.74) is 4.00. The van der Waals surface area contributed by atoms with Crippen LogP contribution in [0.5, 0.6) is 5.75 Å². The first kappa shape index (κ1) is 18.7. The highest BCUT2D eigenvalue weighted by molar-refractivity contribution is 5.93. The summed E-state index contributed by atoms with van der Waals surface area (Å²) in [5.74, 6) is 1.83. The lowest BCUT2D eigenvalue weighted by molar-refractivity contribution is -0.116. The predicted octanol–water partition coefficient (Wildman–Crippen LogP) is 3.58. The SMILES string of the molecule is COc1ccc(-c2cn3cccnc3n2)cc1NC(=O)CCc1c(C)noc1C. The van der Waals surface area contributed by atoms with Crippen molar-refractivity contribution in [2.45, 2.75) is 26.7 Å². The molecule has 0 unspecified atom stereocenters. The van der Waals surface area contributed by atoms with E-state index >= 15 is 0 Å². The fourth-order valence-electron chi connectivity index (χ4n) is 3.24. The van der Waals surface area contributed by atoms with Gasteiger partial charge in [0.2, 0.25) is 11.7 Å². The van der Waals surface area contributed by atoms with Crippen molar-refractivity contribution < 1.29 is 14.1 Å². The molecular weight excluding hydrogens is 370 g/mol. The number of benzene rings is 1. The van der Waals surface area contributed by atoms with Gasteiger partial charge in [-0.1, -0.05) is 5.16 Å². The van der Waals surface area contributed by atoms with E-state index in [1.54, 1.807) is 13.3 Å². The molecule has 0 spiro atoms.